The topological polar surface area (TPSA) is 271 Å². The molecule has 4 rings (SSSR count). The van der Waals surface area contributed by atoms with Crippen LogP contribution in [0.2, 0.25) is 0 Å². The van der Waals surface area contributed by atoms with E-state index < -0.39 is 87.1 Å². The number of H-pyrrole nitrogens is 1. The summed E-state index contributed by atoms with van der Waals surface area (Å²) in [6, 6.07) is 2.23. The van der Waals surface area contributed by atoms with E-state index in [4.69, 9.17) is 24.3 Å². The van der Waals surface area contributed by atoms with Crippen LogP contribution in [0, 0.1) is 0 Å². The molecule has 2 aromatic rings. The van der Waals surface area contributed by atoms with Crippen molar-refractivity contribution < 1.29 is 48.4 Å². The van der Waals surface area contributed by atoms with Gasteiger partial charge in [-0.1, -0.05) is 0 Å². The van der Waals surface area contributed by atoms with Crippen molar-refractivity contribution in [3.05, 3.63) is 55.8 Å². The molecular formula is C18H24N5O13P. The number of hydrogen-bond acceptors (Lipinski definition) is 14. The molecule has 0 aromatic carbocycles. The van der Waals surface area contributed by atoms with Crippen LogP contribution in [0.25, 0.3) is 0 Å². The molecule has 1 unspecified atom stereocenters. The average Bonchev–Trinajstić information content (AvgIpc) is 3.28. The Morgan fingerprint density at radius 2 is 1.68 bits per heavy atom. The normalized spacial score (nSPS) is 33.4. The van der Waals surface area contributed by atoms with Gasteiger partial charge in [0.15, 0.2) is 12.5 Å². The third-order valence-electron chi connectivity index (χ3n) is 5.73. The molecule has 204 valence electrons. The lowest BCUT2D eigenvalue weighted by atomic mass is 10.1. The second kappa shape index (κ2) is 10.5. The van der Waals surface area contributed by atoms with E-state index >= 15 is 0 Å². The molecule has 0 spiro atoms. The Bertz CT molecular complexity index is 1350. The molecule has 0 amide bonds. The Morgan fingerprint density at radius 3 is 2.32 bits per heavy atom. The number of aliphatic hydroxyl groups is 4. The Labute approximate surface area is 205 Å². The molecular weight excluding hydrogens is 525 g/mol. The van der Waals surface area contributed by atoms with Gasteiger partial charge in [-0.25, -0.2) is 14.2 Å². The number of ether oxygens (including phenoxy) is 2. The quantitative estimate of drug-likeness (QED) is 0.154. The summed E-state index contributed by atoms with van der Waals surface area (Å²) in [5.74, 6) is -0.0838. The number of nitrogens with two attached hydrogens (primary N) is 1. The fourth-order valence-corrected chi connectivity index (χ4v) is 4.89. The Hall–Kier alpha value is -2.77. The maximum Gasteiger partial charge on any atom is 0.472 e. The van der Waals surface area contributed by atoms with Gasteiger partial charge in [-0.2, -0.15) is 4.98 Å². The second-order valence-corrected chi connectivity index (χ2v) is 9.58. The molecule has 18 nitrogen and oxygen atoms in total. The molecule has 2 fully saturated rings. The zero-order valence-electron chi connectivity index (χ0n) is 18.7. The summed E-state index contributed by atoms with van der Waals surface area (Å²) in [6.45, 7) is -1.60. The predicted molar refractivity (Wildman–Crippen MR) is 118 cm³/mol. The minimum absolute atomic E-state index is 0.0838. The van der Waals surface area contributed by atoms with Gasteiger partial charge >= 0.3 is 19.2 Å². The first-order valence-corrected chi connectivity index (χ1v) is 12.2. The summed E-state index contributed by atoms with van der Waals surface area (Å²) in [4.78, 5) is 51.0. The van der Waals surface area contributed by atoms with Crippen LogP contribution in [0.15, 0.2) is 38.9 Å². The van der Waals surface area contributed by atoms with Crippen LogP contribution in [-0.4, -0.2) is 94.3 Å². The zero-order chi connectivity index (χ0) is 27.1. The van der Waals surface area contributed by atoms with Gasteiger partial charge in [0.1, 0.15) is 42.4 Å². The largest absolute Gasteiger partial charge is 0.472 e. The summed E-state index contributed by atoms with van der Waals surface area (Å²) in [7, 11) is -5.04. The van der Waals surface area contributed by atoms with Crippen molar-refractivity contribution in [3.63, 3.8) is 0 Å². The van der Waals surface area contributed by atoms with E-state index in [1.165, 1.54) is 12.3 Å². The number of hydrogen-bond donors (Lipinski definition) is 7. The van der Waals surface area contributed by atoms with E-state index in [-0.39, 0.29) is 5.82 Å². The fourth-order valence-electron chi connectivity index (χ4n) is 3.92. The highest BCUT2D eigenvalue weighted by Gasteiger charge is 2.50. The van der Waals surface area contributed by atoms with Crippen molar-refractivity contribution in [2.75, 3.05) is 18.9 Å². The zero-order valence-corrected chi connectivity index (χ0v) is 19.6. The third-order valence-corrected chi connectivity index (χ3v) is 6.72. The third kappa shape index (κ3) is 5.58. The van der Waals surface area contributed by atoms with E-state index in [2.05, 4.69) is 4.98 Å². The molecule has 4 heterocycles. The average molecular weight is 549 g/mol. The van der Waals surface area contributed by atoms with Crippen molar-refractivity contribution in [2.24, 2.45) is 0 Å². The van der Waals surface area contributed by atoms with Crippen molar-refractivity contribution in [1.82, 2.24) is 19.1 Å². The molecule has 2 saturated heterocycles. The Balaban J connectivity index is 1.43. The monoisotopic (exact) mass is 549 g/mol. The number of aromatic nitrogens is 4. The lowest BCUT2D eigenvalue weighted by Crippen LogP contribution is -2.39. The number of rotatable bonds is 8. The van der Waals surface area contributed by atoms with E-state index in [1.54, 1.807) is 0 Å². The SMILES string of the molecule is Nc1ccn([C@H]2O[C@@H](COP(=O)(O)O[C@H]3[C@@H](O)[C@H](n4ccc(=O)[nH]c4=O)O[C@@H]3CO)[C@H](O)[C@@H]2O)c(=O)n1. The molecule has 19 heteroatoms. The van der Waals surface area contributed by atoms with Crippen LogP contribution in [0.5, 0.6) is 0 Å². The van der Waals surface area contributed by atoms with E-state index in [0.29, 0.717) is 0 Å². The minimum Gasteiger partial charge on any atom is -0.394 e. The lowest BCUT2D eigenvalue weighted by molar-refractivity contribution is -0.0614. The van der Waals surface area contributed by atoms with Gasteiger partial charge in [0.05, 0.1) is 13.2 Å². The molecule has 0 radical (unpaired) electrons. The summed E-state index contributed by atoms with van der Waals surface area (Å²) < 4.78 is 34.8. The van der Waals surface area contributed by atoms with Crippen molar-refractivity contribution >= 4 is 13.6 Å². The van der Waals surface area contributed by atoms with E-state index in [1.807, 2.05) is 4.98 Å². The molecule has 0 aliphatic carbocycles. The van der Waals surface area contributed by atoms with E-state index in [9.17, 15) is 44.3 Å². The second-order valence-electron chi connectivity index (χ2n) is 8.18. The minimum atomic E-state index is -5.04. The Kier molecular flexibility index (Phi) is 7.77. The maximum absolute atomic E-state index is 12.6. The number of anilines is 1. The number of phosphoric ester groups is 1. The van der Waals surface area contributed by atoms with Gasteiger partial charge < -0.3 is 40.5 Å². The molecule has 9 atom stereocenters. The fraction of sp³-hybridized carbons (Fsp3) is 0.556. The van der Waals surface area contributed by atoms with Gasteiger partial charge in [-0.05, 0) is 6.07 Å². The first-order chi connectivity index (χ1) is 17.4. The molecule has 2 aromatic heterocycles. The van der Waals surface area contributed by atoms with Crippen molar-refractivity contribution in [3.8, 4) is 0 Å². The number of aliphatic hydroxyl groups excluding tert-OH is 4. The number of nitrogen functional groups attached to an aromatic ring is 1. The number of aromatic amines is 1. The standard InChI is InChI=1S/C18H24N5O13P/c19-9-1-3-22(17(29)20-9)15-12(27)11(26)8(35-15)6-33-37(31,32)36-14-7(5-24)34-16(13(14)28)23-4-2-10(25)21-18(23)30/h1-4,7-8,11-16,24,26-28H,5-6H2,(H,31,32)(H2,19,20,29)(H,21,25,30)/t7-,8+,11+,12+,13-,14-,15+,16-/m1/s1. The number of nitrogens with one attached hydrogen (secondary N) is 1. The molecule has 0 saturated carbocycles. The number of phosphoric acid groups is 1. The van der Waals surface area contributed by atoms with Crippen LogP contribution in [-0.2, 0) is 23.1 Å². The van der Waals surface area contributed by atoms with Gasteiger partial charge in [-0.15, -0.1) is 0 Å². The first kappa shape index (κ1) is 27.3. The smallest absolute Gasteiger partial charge is 0.394 e. The van der Waals surface area contributed by atoms with Crippen LogP contribution in [0.1, 0.15) is 12.5 Å². The highest BCUT2D eigenvalue weighted by Crippen LogP contribution is 2.49. The highest BCUT2D eigenvalue weighted by molar-refractivity contribution is 7.47. The van der Waals surface area contributed by atoms with Crippen LogP contribution in [0.3, 0.4) is 0 Å². The molecule has 2 aliphatic rings. The van der Waals surface area contributed by atoms with Crippen LogP contribution in [0.4, 0.5) is 5.82 Å². The molecule has 8 N–H and O–H groups in total. The summed E-state index contributed by atoms with van der Waals surface area (Å²) in [5, 5.41) is 40.7. The van der Waals surface area contributed by atoms with E-state index in [0.717, 1.165) is 21.4 Å². The summed E-state index contributed by atoms with van der Waals surface area (Å²) in [6.07, 6.45) is -10.2. The molecule has 2 aliphatic heterocycles. The highest BCUT2D eigenvalue weighted by atomic mass is 31.2. The summed E-state index contributed by atoms with van der Waals surface area (Å²) in [5.41, 5.74) is 2.88. The molecule has 0 bridgehead atoms. The maximum atomic E-state index is 12.6. The lowest BCUT2D eigenvalue weighted by Gasteiger charge is -2.23. The predicted octanol–water partition coefficient (Wildman–Crippen LogP) is -4.25. The van der Waals surface area contributed by atoms with Gasteiger partial charge in [0, 0.05) is 18.5 Å². The van der Waals surface area contributed by atoms with Gasteiger partial charge in [0.25, 0.3) is 5.56 Å². The summed E-state index contributed by atoms with van der Waals surface area (Å²) >= 11 is 0. The molecule has 37 heavy (non-hydrogen) atoms. The number of nitrogens with zero attached hydrogens (tertiary/aromatic N) is 3. The van der Waals surface area contributed by atoms with Crippen molar-refractivity contribution in [1.29, 1.82) is 0 Å². The van der Waals surface area contributed by atoms with Gasteiger partial charge in [-0.3, -0.25) is 28.0 Å². The Morgan fingerprint density at radius 1 is 1.03 bits per heavy atom. The first-order valence-electron chi connectivity index (χ1n) is 10.7. The van der Waals surface area contributed by atoms with Crippen molar-refractivity contribution in [2.45, 2.75) is 49.1 Å². The van der Waals surface area contributed by atoms with Gasteiger partial charge in [0.2, 0.25) is 0 Å². The van der Waals surface area contributed by atoms with Crippen LogP contribution < -0.4 is 22.7 Å². The van der Waals surface area contributed by atoms with Crippen LogP contribution >= 0.6 is 7.82 Å².